The number of aromatic nitrogens is 3. The van der Waals surface area contributed by atoms with Gasteiger partial charge in [0.15, 0.2) is 11.2 Å². The van der Waals surface area contributed by atoms with Gasteiger partial charge in [0, 0.05) is 18.9 Å². The summed E-state index contributed by atoms with van der Waals surface area (Å²) in [6.45, 7) is 0.678. The van der Waals surface area contributed by atoms with E-state index in [9.17, 15) is 4.79 Å². The molecule has 3 aromatic rings. The van der Waals surface area contributed by atoms with Gasteiger partial charge in [-0.05, 0) is 23.8 Å². The monoisotopic (exact) mass is 256 g/mol. The van der Waals surface area contributed by atoms with Crippen LogP contribution in [0.5, 0.6) is 0 Å². The minimum absolute atomic E-state index is 0.328. The Morgan fingerprint density at radius 1 is 1.21 bits per heavy atom. The second-order valence-corrected chi connectivity index (χ2v) is 4.09. The summed E-state index contributed by atoms with van der Waals surface area (Å²) < 4.78 is 6.62. The zero-order valence-corrected chi connectivity index (χ0v) is 10.1. The highest BCUT2D eigenvalue weighted by Gasteiger charge is 2.12. The van der Waals surface area contributed by atoms with Crippen LogP contribution in [0.3, 0.4) is 0 Å². The zero-order chi connectivity index (χ0) is 13.2. The highest BCUT2D eigenvalue weighted by molar-refractivity contribution is 5.67. The maximum absolute atomic E-state index is 11.8. The molecule has 0 saturated heterocycles. The lowest BCUT2D eigenvalue weighted by molar-refractivity contribution is 0.516. The molecule has 3 aromatic heterocycles. The SMILES string of the molecule is NCc1ncccc1Cn1c(=O)oc2cccnc21. The first-order valence-corrected chi connectivity index (χ1v) is 5.87. The highest BCUT2D eigenvalue weighted by Crippen LogP contribution is 2.12. The van der Waals surface area contributed by atoms with Crippen LogP contribution in [0.15, 0.2) is 45.9 Å². The van der Waals surface area contributed by atoms with Gasteiger partial charge in [-0.2, -0.15) is 0 Å². The van der Waals surface area contributed by atoms with Gasteiger partial charge in [-0.15, -0.1) is 0 Å². The minimum atomic E-state index is -0.430. The number of nitrogens with zero attached hydrogens (tertiary/aromatic N) is 3. The summed E-state index contributed by atoms with van der Waals surface area (Å²) in [6, 6.07) is 7.15. The van der Waals surface area contributed by atoms with Gasteiger partial charge in [0.2, 0.25) is 0 Å². The molecule has 0 fully saturated rings. The molecule has 6 heteroatoms. The van der Waals surface area contributed by atoms with Crippen LogP contribution in [0.1, 0.15) is 11.3 Å². The fraction of sp³-hybridized carbons (Fsp3) is 0.154. The van der Waals surface area contributed by atoms with Crippen LogP contribution < -0.4 is 11.5 Å². The maximum atomic E-state index is 11.8. The molecule has 0 aliphatic rings. The minimum Gasteiger partial charge on any atom is -0.406 e. The summed E-state index contributed by atoms with van der Waals surface area (Å²) in [5.41, 5.74) is 8.30. The average molecular weight is 256 g/mol. The number of hydrogen-bond acceptors (Lipinski definition) is 5. The van der Waals surface area contributed by atoms with Gasteiger partial charge in [-0.25, -0.2) is 9.78 Å². The average Bonchev–Trinajstić information content (AvgIpc) is 2.76. The third-order valence-electron chi connectivity index (χ3n) is 2.93. The van der Waals surface area contributed by atoms with Gasteiger partial charge in [0.05, 0.1) is 12.2 Å². The van der Waals surface area contributed by atoms with Gasteiger partial charge in [-0.3, -0.25) is 9.55 Å². The number of hydrogen-bond donors (Lipinski definition) is 1. The Balaban J connectivity index is 2.11. The Bertz CT molecular complexity index is 775. The molecule has 0 bridgehead atoms. The molecule has 6 nitrogen and oxygen atoms in total. The maximum Gasteiger partial charge on any atom is 0.421 e. The Morgan fingerprint density at radius 2 is 2.00 bits per heavy atom. The number of oxazole rings is 1. The molecule has 0 unspecified atom stereocenters. The second-order valence-electron chi connectivity index (χ2n) is 4.09. The lowest BCUT2D eigenvalue weighted by Gasteiger charge is -2.06. The van der Waals surface area contributed by atoms with Crippen LogP contribution in [-0.2, 0) is 13.1 Å². The molecule has 3 heterocycles. The van der Waals surface area contributed by atoms with Crippen molar-refractivity contribution in [3.05, 3.63) is 58.5 Å². The smallest absolute Gasteiger partial charge is 0.406 e. The van der Waals surface area contributed by atoms with E-state index in [2.05, 4.69) is 9.97 Å². The Kier molecular flexibility index (Phi) is 2.85. The van der Waals surface area contributed by atoms with Crippen LogP contribution >= 0.6 is 0 Å². The first-order chi connectivity index (χ1) is 9.29. The van der Waals surface area contributed by atoms with Crippen molar-refractivity contribution in [3.63, 3.8) is 0 Å². The molecule has 0 aliphatic heterocycles. The van der Waals surface area contributed by atoms with Crippen LogP contribution in [0.4, 0.5) is 0 Å². The van der Waals surface area contributed by atoms with E-state index in [0.717, 1.165) is 11.3 Å². The van der Waals surface area contributed by atoms with E-state index in [4.69, 9.17) is 10.2 Å². The van der Waals surface area contributed by atoms with Crippen molar-refractivity contribution in [3.8, 4) is 0 Å². The first kappa shape index (κ1) is 11.6. The number of rotatable bonds is 3. The normalized spacial score (nSPS) is 11.0. The van der Waals surface area contributed by atoms with E-state index in [1.54, 1.807) is 24.5 Å². The molecular weight excluding hydrogens is 244 g/mol. The predicted molar refractivity (Wildman–Crippen MR) is 69.5 cm³/mol. The van der Waals surface area contributed by atoms with Crippen molar-refractivity contribution in [2.24, 2.45) is 5.73 Å². The Hall–Kier alpha value is -2.47. The van der Waals surface area contributed by atoms with Crippen molar-refractivity contribution >= 4 is 11.2 Å². The van der Waals surface area contributed by atoms with Crippen LogP contribution in [-0.4, -0.2) is 14.5 Å². The fourth-order valence-corrected chi connectivity index (χ4v) is 2.01. The van der Waals surface area contributed by atoms with Gasteiger partial charge in [0.1, 0.15) is 0 Å². The van der Waals surface area contributed by atoms with E-state index in [0.29, 0.717) is 24.3 Å². The van der Waals surface area contributed by atoms with Crippen molar-refractivity contribution < 1.29 is 4.42 Å². The molecule has 96 valence electrons. The van der Waals surface area contributed by atoms with Crippen molar-refractivity contribution in [1.82, 2.24) is 14.5 Å². The molecule has 0 radical (unpaired) electrons. The van der Waals surface area contributed by atoms with Crippen molar-refractivity contribution in [2.45, 2.75) is 13.1 Å². The molecule has 3 rings (SSSR count). The van der Waals surface area contributed by atoms with Crippen LogP contribution in [0, 0.1) is 0 Å². The third-order valence-corrected chi connectivity index (χ3v) is 2.93. The summed E-state index contributed by atoms with van der Waals surface area (Å²) >= 11 is 0. The topological polar surface area (TPSA) is 86.9 Å². The summed E-state index contributed by atoms with van der Waals surface area (Å²) in [5, 5.41) is 0. The Labute approximate surface area is 108 Å². The van der Waals surface area contributed by atoms with Crippen molar-refractivity contribution in [2.75, 3.05) is 0 Å². The zero-order valence-electron chi connectivity index (χ0n) is 10.1. The largest absolute Gasteiger partial charge is 0.421 e. The van der Waals surface area contributed by atoms with Crippen molar-refractivity contribution in [1.29, 1.82) is 0 Å². The lowest BCUT2D eigenvalue weighted by Crippen LogP contribution is -2.17. The fourth-order valence-electron chi connectivity index (χ4n) is 2.01. The molecule has 0 saturated carbocycles. The quantitative estimate of drug-likeness (QED) is 0.752. The lowest BCUT2D eigenvalue weighted by atomic mass is 10.2. The molecule has 0 aromatic carbocycles. The molecule has 0 atom stereocenters. The molecule has 19 heavy (non-hydrogen) atoms. The third kappa shape index (κ3) is 2.02. The second kappa shape index (κ2) is 4.66. The number of nitrogens with two attached hydrogens (primary N) is 1. The van der Waals surface area contributed by atoms with Crippen LogP contribution in [0.2, 0.25) is 0 Å². The summed E-state index contributed by atoms with van der Waals surface area (Å²) in [6.07, 6.45) is 3.31. The molecular formula is C13H12N4O2. The van der Waals surface area contributed by atoms with Gasteiger partial charge in [0.25, 0.3) is 0 Å². The van der Waals surface area contributed by atoms with E-state index < -0.39 is 5.76 Å². The van der Waals surface area contributed by atoms with E-state index >= 15 is 0 Å². The standard InChI is InChI=1S/C13H12N4O2/c14-7-10-9(3-1-5-15-10)8-17-12-11(19-13(17)18)4-2-6-16-12/h1-6H,7-8,14H2. The van der Waals surface area contributed by atoms with Gasteiger partial charge < -0.3 is 10.2 Å². The molecule has 0 aliphatic carbocycles. The highest BCUT2D eigenvalue weighted by atomic mass is 16.4. The van der Waals surface area contributed by atoms with E-state index in [1.807, 2.05) is 12.1 Å². The summed E-state index contributed by atoms with van der Waals surface area (Å²) in [5.74, 6) is -0.430. The first-order valence-electron chi connectivity index (χ1n) is 5.87. The summed E-state index contributed by atoms with van der Waals surface area (Å²) in [7, 11) is 0. The number of fused-ring (bicyclic) bond motifs is 1. The molecule has 2 N–H and O–H groups in total. The Morgan fingerprint density at radius 3 is 2.84 bits per heavy atom. The van der Waals surface area contributed by atoms with Crippen LogP contribution in [0.25, 0.3) is 11.2 Å². The number of pyridine rings is 2. The molecule has 0 spiro atoms. The van der Waals surface area contributed by atoms with Gasteiger partial charge >= 0.3 is 5.76 Å². The molecule has 0 amide bonds. The van der Waals surface area contributed by atoms with E-state index in [1.165, 1.54) is 4.57 Å². The van der Waals surface area contributed by atoms with E-state index in [-0.39, 0.29) is 0 Å². The summed E-state index contributed by atoms with van der Waals surface area (Å²) in [4.78, 5) is 20.2. The predicted octanol–water partition coefficient (Wildman–Crippen LogP) is 0.891. The van der Waals surface area contributed by atoms with Gasteiger partial charge in [-0.1, -0.05) is 6.07 Å².